The smallest absolute Gasteiger partial charge is 0.311 e. The molecule has 0 bridgehead atoms. The monoisotopic (exact) mass is 484 g/mol. The van der Waals surface area contributed by atoms with Crippen LogP contribution in [0, 0.1) is 0 Å². The van der Waals surface area contributed by atoms with Crippen molar-refractivity contribution in [2.45, 2.75) is 45.7 Å². The number of hydrogen-bond acceptors (Lipinski definition) is 6. The zero-order chi connectivity index (χ0) is 25.4. The summed E-state index contributed by atoms with van der Waals surface area (Å²) in [7, 11) is 3.35. The van der Waals surface area contributed by atoms with Crippen molar-refractivity contribution in [3.63, 3.8) is 0 Å². The first-order valence-corrected chi connectivity index (χ1v) is 12.3. The van der Waals surface area contributed by atoms with E-state index in [0.29, 0.717) is 24.5 Å². The van der Waals surface area contributed by atoms with E-state index in [4.69, 9.17) is 14.2 Å². The van der Waals surface area contributed by atoms with Gasteiger partial charge in [-0.3, -0.25) is 4.79 Å². The molecule has 3 aromatic rings. The van der Waals surface area contributed by atoms with Crippen LogP contribution >= 0.6 is 0 Å². The Labute approximate surface area is 212 Å². The molecule has 6 nitrogen and oxygen atoms in total. The van der Waals surface area contributed by atoms with E-state index in [0.717, 1.165) is 34.7 Å². The van der Waals surface area contributed by atoms with Gasteiger partial charge in [0.15, 0.2) is 0 Å². The van der Waals surface area contributed by atoms with Gasteiger partial charge in [-0.05, 0) is 67.8 Å². The molecule has 0 saturated carbocycles. The van der Waals surface area contributed by atoms with Crippen LogP contribution in [0.4, 0.5) is 11.4 Å². The lowest BCUT2D eigenvalue weighted by atomic mass is 9.89. The first-order valence-electron chi connectivity index (χ1n) is 12.3. The molecule has 0 saturated heterocycles. The maximum atomic E-state index is 12.0. The molecule has 6 heteroatoms. The van der Waals surface area contributed by atoms with Crippen molar-refractivity contribution < 1.29 is 19.0 Å². The number of nitrogens with zero attached hydrogens (tertiary/aromatic N) is 1. The average Bonchev–Trinajstić information content (AvgIpc) is 3.23. The first-order chi connectivity index (χ1) is 17.3. The van der Waals surface area contributed by atoms with Gasteiger partial charge < -0.3 is 24.4 Å². The number of methoxy groups -OCH3 is 2. The zero-order valence-corrected chi connectivity index (χ0v) is 21.5. The van der Waals surface area contributed by atoms with E-state index in [2.05, 4.69) is 48.3 Å². The van der Waals surface area contributed by atoms with Crippen LogP contribution in [0.3, 0.4) is 0 Å². The molecule has 0 unspecified atom stereocenters. The number of rotatable bonds is 7. The second kappa shape index (κ2) is 9.26. The van der Waals surface area contributed by atoms with Gasteiger partial charge in [-0.1, -0.05) is 25.1 Å². The van der Waals surface area contributed by atoms with Crippen LogP contribution < -0.4 is 24.4 Å². The number of para-hydroxylation sites is 2. The highest BCUT2D eigenvalue weighted by atomic mass is 16.5. The second-order valence-corrected chi connectivity index (χ2v) is 9.73. The minimum absolute atomic E-state index is 0.201. The Kier molecular flexibility index (Phi) is 6.12. The molecule has 2 aliphatic rings. The average molecular weight is 485 g/mol. The van der Waals surface area contributed by atoms with Crippen molar-refractivity contribution in [2.75, 3.05) is 24.4 Å². The molecule has 2 aliphatic heterocycles. The quantitative estimate of drug-likeness (QED) is 0.300. The molecule has 0 radical (unpaired) electrons. The van der Waals surface area contributed by atoms with Gasteiger partial charge >= 0.3 is 5.97 Å². The third kappa shape index (κ3) is 4.17. The fourth-order valence-corrected chi connectivity index (χ4v) is 5.13. The topological polar surface area (TPSA) is 60.0 Å². The minimum Gasteiger partial charge on any atom is -0.496 e. The number of carbonyl (C=O) groups is 1. The number of hydrogen-bond donors (Lipinski definition) is 1. The van der Waals surface area contributed by atoms with E-state index in [1.54, 1.807) is 20.3 Å². The Bertz CT molecular complexity index is 1360. The van der Waals surface area contributed by atoms with Crippen LogP contribution in [0.1, 0.15) is 44.7 Å². The van der Waals surface area contributed by atoms with Gasteiger partial charge in [0.05, 0.1) is 25.4 Å². The Balaban J connectivity index is 1.62. The van der Waals surface area contributed by atoms with Crippen molar-refractivity contribution in [1.29, 1.82) is 0 Å². The van der Waals surface area contributed by atoms with E-state index in [-0.39, 0.29) is 11.5 Å². The molecular weight excluding hydrogens is 452 g/mol. The molecule has 1 N–H and O–H groups in total. The van der Waals surface area contributed by atoms with Gasteiger partial charge in [-0.25, -0.2) is 0 Å². The van der Waals surface area contributed by atoms with Crippen molar-refractivity contribution in [3.05, 3.63) is 71.8 Å². The van der Waals surface area contributed by atoms with E-state index in [9.17, 15) is 4.79 Å². The maximum Gasteiger partial charge on any atom is 0.311 e. The number of carbonyl (C=O) groups excluding carboxylic acids is 1. The summed E-state index contributed by atoms with van der Waals surface area (Å²) >= 11 is 0. The minimum atomic E-state index is -0.240. The summed E-state index contributed by atoms with van der Waals surface area (Å²) in [5.74, 6) is 1.75. The molecule has 3 aromatic carbocycles. The van der Waals surface area contributed by atoms with Crippen LogP contribution in [-0.4, -0.2) is 25.7 Å². The van der Waals surface area contributed by atoms with Crippen molar-refractivity contribution in [1.82, 2.24) is 0 Å². The molecule has 0 atom stereocenters. The molecule has 0 spiro atoms. The van der Waals surface area contributed by atoms with E-state index in [1.165, 1.54) is 16.8 Å². The SMILES string of the molecule is CCCC(=O)Oc1ccc(-c2ccc3c4c2CN(c2ccccc2OC)C4=CC(C)(C)N3)c(OC)c1. The highest BCUT2D eigenvalue weighted by molar-refractivity contribution is 5.98. The Morgan fingerprint density at radius 1 is 1.00 bits per heavy atom. The normalized spacial score (nSPS) is 15.0. The lowest BCUT2D eigenvalue weighted by molar-refractivity contribution is -0.134. The van der Waals surface area contributed by atoms with E-state index in [1.807, 2.05) is 37.3 Å². The standard InChI is InChI=1S/C30H32N2O4/c1-6-9-28(33)36-19-12-13-21(27(16-19)35-5)20-14-15-23-29-22(20)18-32(25(29)17-30(2,3)31-23)24-10-7-8-11-26(24)34-4/h7-8,10-17,31H,6,9,18H2,1-5H3. The number of ether oxygens (including phenoxy) is 3. The summed E-state index contributed by atoms with van der Waals surface area (Å²) in [6.45, 7) is 7.00. The van der Waals surface area contributed by atoms with Crippen LogP contribution in [0.5, 0.6) is 17.2 Å². The fourth-order valence-electron chi connectivity index (χ4n) is 5.13. The van der Waals surface area contributed by atoms with Crippen molar-refractivity contribution in [2.24, 2.45) is 0 Å². The summed E-state index contributed by atoms with van der Waals surface area (Å²) in [5, 5.41) is 3.67. The van der Waals surface area contributed by atoms with Crippen molar-refractivity contribution in [3.8, 4) is 28.4 Å². The van der Waals surface area contributed by atoms with Crippen LogP contribution in [-0.2, 0) is 11.3 Å². The third-order valence-corrected chi connectivity index (χ3v) is 6.66. The molecule has 5 rings (SSSR count). The van der Waals surface area contributed by atoms with E-state index >= 15 is 0 Å². The molecule has 0 aromatic heterocycles. The van der Waals surface area contributed by atoms with E-state index < -0.39 is 0 Å². The van der Waals surface area contributed by atoms with Gasteiger partial charge in [0.1, 0.15) is 17.2 Å². The number of benzene rings is 3. The van der Waals surface area contributed by atoms with Crippen LogP contribution in [0.2, 0.25) is 0 Å². The summed E-state index contributed by atoms with van der Waals surface area (Å²) < 4.78 is 17.0. The second-order valence-electron chi connectivity index (χ2n) is 9.73. The molecule has 0 aliphatic carbocycles. The molecule has 36 heavy (non-hydrogen) atoms. The third-order valence-electron chi connectivity index (χ3n) is 6.66. The molecule has 0 amide bonds. The molecule has 0 fully saturated rings. The van der Waals surface area contributed by atoms with Crippen LogP contribution in [0.15, 0.2) is 60.7 Å². The number of anilines is 2. The predicted octanol–water partition coefficient (Wildman–Crippen LogP) is 6.64. The number of nitrogens with one attached hydrogen (secondary N) is 1. The van der Waals surface area contributed by atoms with Gasteiger partial charge in [0.25, 0.3) is 0 Å². The van der Waals surface area contributed by atoms with Gasteiger partial charge in [0, 0.05) is 41.5 Å². The maximum absolute atomic E-state index is 12.0. The van der Waals surface area contributed by atoms with Gasteiger partial charge in [0.2, 0.25) is 0 Å². The lowest BCUT2D eigenvalue weighted by Crippen LogP contribution is -2.33. The Morgan fingerprint density at radius 3 is 2.50 bits per heavy atom. The Morgan fingerprint density at radius 2 is 1.75 bits per heavy atom. The first kappa shape index (κ1) is 23.8. The number of esters is 1. The lowest BCUT2D eigenvalue weighted by Gasteiger charge is -2.33. The van der Waals surface area contributed by atoms with Gasteiger partial charge in [-0.2, -0.15) is 0 Å². The predicted molar refractivity (Wildman–Crippen MR) is 144 cm³/mol. The van der Waals surface area contributed by atoms with Crippen LogP contribution in [0.25, 0.3) is 16.8 Å². The molecular formula is C30H32N2O4. The summed E-state index contributed by atoms with van der Waals surface area (Å²) in [6.07, 6.45) is 3.42. The fraction of sp³-hybridized carbons (Fsp3) is 0.300. The zero-order valence-electron chi connectivity index (χ0n) is 21.5. The molecule has 2 heterocycles. The molecule has 186 valence electrons. The summed E-state index contributed by atoms with van der Waals surface area (Å²) in [5.41, 5.74) is 7.55. The highest BCUT2D eigenvalue weighted by Gasteiger charge is 2.37. The van der Waals surface area contributed by atoms with Gasteiger partial charge in [-0.15, -0.1) is 0 Å². The summed E-state index contributed by atoms with van der Waals surface area (Å²) in [6, 6.07) is 18.0. The summed E-state index contributed by atoms with van der Waals surface area (Å²) in [4.78, 5) is 14.3. The van der Waals surface area contributed by atoms with Crippen molar-refractivity contribution >= 4 is 23.0 Å². The Hall–Kier alpha value is -3.93. The largest absolute Gasteiger partial charge is 0.496 e. The highest BCUT2D eigenvalue weighted by Crippen LogP contribution is 2.51.